The summed E-state index contributed by atoms with van der Waals surface area (Å²) in [6, 6.07) is 9.34. The molecule has 0 spiro atoms. The topological polar surface area (TPSA) is 91.4 Å². The molecule has 0 N–H and O–H groups in total. The maximum atomic E-state index is 13.6. The maximum Gasteiger partial charge on any atom is 0.259 e. The van der Waals surface area contributed by atoms with Gasteiger partial charge >= 0.3 is 0 Å². The van der Waals surface area contributed by atoms with Gasteiger partial charge in [-0.05, 0) is 49.4 Å². The number of rotatable bonds is 8. The van der Waals surface area contributed by atoms with E-state index in [2.05, 4.69) is 0 Å². The van der Waals surface area contributed by atoms with Crippen LogP contribution in [0.1, 0.15) is 17.3 Å². The molecular formula is C22H25NO7S. The number of nitrogens with zero attached hydrogens (tertiary/aromatic N) is 1. The van der Waals surface area contributed by atoms with Crippen LogP contribution in [0, 0.1) is 0 Å². The molecule has 31 heavy (non-hydrogen) atoms. The molecule has 0 fully saturated rings. The zero-order valence-electron chi connectivity index (χ0n) is 17.8. The summed E-state index contributed by atoms with van der Waals surface area (Å²) < 4.78 is 45.6. The average Bonchev–Trinajstić information content (AvgIpc) is 3.13. The van der Waals surface area contributed by atoms with E-state index < -0.39 is 21.8 Å². The van der Waals surface area contributed by atoms with Crippen molar-refractivity contribution >= 4 is 21.4 Å². The molecule has 1 atom stereocenters. The van der Waals surface area contributed by atoms with Crippen molar-refractivity contribution in [3.63, 3.8) is 0 Å². The summed E-state index contributed by atoms with van der Waals surface area (Å²) in [7, 11) is 1.01. The molecule has 0 saturated carbocycles. The van der Waals surface area contributed by atoms with E-state index in [1.807, 2.05) is 6.92 Å². The van der Waals surface area contributed by atoms with E-state index in [0.29, 0.717) is 35.3 Å². The summed E-state index contributed by atoms with van der Waals surface area (Å²) >= 11 is 0. The first kappa shape index (κ1) is 22.5. The highest BCUT2D eigenvalue weighted by Gasteiger charge is 2.33. The van der Waals surface area contributed by atoms with E-state index in [9.17, 15) is 13.2 Å². The van der Waals surface area contributed by atoms with Gasteiger partial charge in [-0.2, -0.15) is 0 Å². The fraction of sp³-hybridized carbons (Fsp3) is 0.318. The molecule has 0 aliphatic carbocycles. The molecule has 0 saturated heterocycles. The van der Waals surface area contributed by atoms with Crippen LogP contribution in [0.15, 0.2) is 47.9 Å². The van der Waals surface area contributed by atoms with Crippen LogP contribution in [0.4, 0.5) is 5.69 Å². The Morgan fingerprint density at radius 2 is 1.65 bits per heavy atom. The average molecular weight is 448 g/mol. The second-order valence-corrected chi connectivity index (χ2v) is 8.67. The molecule has 0 aromatic heterocycles. The van der Waals surface area contributed by atoms with Crippen molar-refractivity contribution in [1.29, 1.82) is 0 Å². The lowest BCUT2D eigenvalue weighted by atomic mass is 10.1. The first-order valence-electron chi connectivity index (χ1n) is 9.61. The molecule has 9 heteroatoms. The van der Waals surface area contributed by atoms with Gasteiger partial charge in [0.15, 0.2) is 21.3 Å². The van der Waals surface area contributed by atoms with Crippen molar-refractivity contribution < 1.29 is 32.2 Å². The fourth-order valence-corrected chi connectivity index (χ4v) is 4.66. The SMILES string of the molecule is CCOc1ccc(N(C(=O)c2cc(OC)c(OC)c(OC)c2)[C@H]2C=CS(=O)(=O)C2)cc1. The highest BCUT2D eigenvalue weighted by atomic mass is 32.2. The minimum Gasteiger partial charge on any atom is -0.494 e. The standard InChI is InChI=1S/C22H25NO7S/c1-5-30-18-8-6-16(7-9-18)23(17-10-11-31(25,26)14-17)22(24)15-12-19(27-2)21(29-4)20(13-15)28-3/h6-13,17H,5,14H2,1-4H3/t17-/m0/s1. The predicted molar refractivity (Wildman–Crippen MR) is 117 cm³/mol. The van der Waals surface area contributed by atoms with Gasteiger partial charge < -0.3 is 23.8 Å². The van der Waals surface area contributed by atoms with E-state index in [1.54, 1.807) is 36.4 Å². The Morgan fingerprint density at radius 3 is 2.10 bits per heavy atom. The van der Waals surface area contributed by atoms with Crippen LogP contribution in [0.25, 0.3) is 0 Å². The predicted octanol–water partition coefficient (Wildman–Crippen LogP) is 3.07. The van der Waals surface area contributed by atoms with Gasteiger partial charge in [0.05, 0.1) is 39.7 Å². The molecule has 166 valence electrons. The number of benzene rings is 2. The lowest BCUT2D eigenvalue weighted by Crippen LogP contribution is -2.41. The summed E-state index contributed by atoms with van der Waals surface area (Å²) in [6.07, 6.45) is 1.52. The molecule has 2 aromatic carbocycles. The number of methoxy groups -OCH3 is 3. The smallest absolute Gasteiger partial charge is 0.259 e. The van der Waals surface area contributed by atoms with Gasteiger partial charge in [-0.25, -0.2) is 8.42 Å². The molecule has 0 unspecified atom stereocenters. The van der Waals surface area contributed by atoms with Gasteiger partial charge in [-0.1, -0.05) is 0 Å². The number of hydrogen-bond donors (Lipinski definition) is 0. The van der Waals surface area contributed by atoms with Crippen molar-refractivity contribution in [1.82, 2.24) is 0 Å². The van der Waals surface area contributed by atoms with Gasteiger partial charge in [0.1, 0.15) is 5.75 Å². The van der Waals surface area contributed by atoms with Gasteiger partial charge in [-0.15, -0.1) is 0 Å². The molecule has 0 bridgehead atoms. The number of carbonyl (C=O) groups excluding carboxylic acids is 1. The quantitative estimate of drug-likeness (QED) is 0.614. The number of carbonyl (C=O) groups is 1. The van der Waals surface area contributed by atoms with Crippen LogP contribution in [-0.2, 0) is 9.84 Å². The molecule has 0 radical (unpaired) electrons. The first-order valence-corrected chi connectivity index (χ1v) is 11.3. The summed E-state index contributed by atoms with van der Waals surface area (Å²) in [5, 5.41) is 1.14. The monoisotopic (exact) mass is 447 g/mol. The number of sulfone groups is 1. The molecule has 1 aliphatic rings. The third-order valence-corrected chi connectivity index (χ3v) is 6.18. The van der Waals surface area contributed by atoms with E-state index in [0.717, 1.165) is 5.41 Å². The van der Waals surface area contributed by atoms with Crippen molar-refractivity contribution in [3.05, 3.63) is 53.4 Å². The molecule has 1 aliphatic heterocycles. The second kappa shape index (κ2) is 9.30. The molecule has 3 rings (SSSR count). The maximum absolute atomic E-state index is 13.6. The van der Waals surface area contributed by atoms with Crippen molar-refractivity contribution in [2.24, 2.45) is 0 Å². The summed E-state index contributed by atoms with van der Waals surface area (Å²) in [4.78, 5) is 15.0. The normalized spacial score (nSPS) is 16.6. The largest absolute Gasteiger partial charge is 0.494 e. The van der Waals surface area contributed by atoms with Crippen LogP contribution >= 0.6 is 0 Å². The number of ether oxygens (including phenoxy) is 4. The summed E-state index contributed by atoms with van der Waals surface area (Å²) in [5.74, 6) is 1.06. The number of amides is 1. The Bertz CT molecular complexity index is 1050. The molecule has 2 aromatic rings. The van der Waals surface area contributed by atoms with E-state index in [1.165, 1.54) is 32.3 Å². The molecule has 1 heterocycles. The first-order chi connectivity index (χ1) is 14.8. The Hall–Kier alpha value is -3.20. The Kier molecular flexibility index (Phi) is 6.74. The van der Waals surface area contributed by atoms with Gasteiger partial charge in [0.25, 0.3) is 5.91 Å². The van der Waals surface area contributed by atoms with E-state index >= 15 is 0 Å². The van der Waals surface area contributed by atoms with Gasteiger partial charge in [0.2, 0.25) is 5.75 Å². The zero-order valence-corrected chi connectivity index (χ0v) is 18.6. The summed E-state index contributed by atoms with van der Waals surface area (Å²) in [5.41, 5.74) is 0.801. The fourth-order valence-electron chi connectivity index (χ4n) is 3.39. The van der Waals surface area contributed by atoms with Crippen molar-refractivity contribution in [2.75, 3.05) is 38.6 Å². The van der Waals surface area contributed by atoms with Crippen molar-refractivity contribution in [3.8, 4) is 23.0 Å². The Morgan fingerprint density at radius 1 is 1.03 bits per heavy atom. The van der Waals surface area contributed by atoms with Crippen LogP contribution in [-0.4, -0.2) is 54.1 Å². The van der Waals surface area contributed by atoms with Crippen LogP contribution in [0.2, 0.25) is 0 Å². The van der Waals surface area contributed by atoms with Crippen LogP contribution < -0.4 is 23.8 Å². The van der Waals surface area contributed by atoms with Crippen LogP contribution in [0.3, 0.4) is 0 Å². The number of hydrogen-bond acceptors (Lipinski definition) is 7. The second-order valence-electron chi connectivity index (χ2n) is 6.74. The van der Waals surface area contributed by atoms with Gasteiger partial charge in [0, 0.05) is 16.7 Å². The van der Waals surface area contributed by atoms with Crippen molar-refractivity contribution in [2.45, 2.75) is 13.0 Å². The Balaban J connectivity index is 2.07. The molecule has 8 nitrogen and oxygen atoms in total. The lowest BCUT2D eigenvalue weighted by molar-refractivity contribution is 0.0982. The third kappa shape index (κ3) is 4.77. The third-order valence-electron chi connectivity index (χ3n) is 4.80. The zero-order chi connectivity index (χ0) is 22.6. The van der Waals surface area contributed by atoms with E-state index in [-0.39, 0.29) is 11.3 Å². The Labute approximate surface area is 181 Å². The highest BCUT2D eigenvalue weighted by Crippen LogP contribution is 2.39. The molecule has 1 amide bonds. The summed E-state index contributed by atoms with van der Waals surface area (Å²) in [6.45, 7) is 2.39. The minimum atomic E-state index is -3.39. The van der Waals surface area contributed by atoms with E-state index in [4.69, 9.17) is 18.9 Å². The molecular weight excluding hydrogens is 422 g/mol. The highest BCUT2D eigenvalue weighted by molar-refractivity contribution is 7.94. The van der Waals surface area contributed by atoms with Crippen LogP contribution in [0.5, 0.6) is 23.0 Å². The minimum absolute atomic E-state index is 0.198. The van der Waals surface area contributed by atoms with Gasteiger partial charge in [-0.3, -0.25) is 4.79 Å². The number of anilines is 1. The lowest BCUT2D eigenvalue weighted by Gasteiger charge is -2.28.